The maximum absolute atomic E-state index is 12.0. The molecular weight excluding hydrogens is 565 g/mol. The fourth-order valence-electron chi connectivity index (χ4n) is 3.73. The minimum Gasteiger partial charge on any atom is -0.392 e. The highest BCUT2D eigenvalue weighted by Crippen LogP contribution is 2.43. The first-order valence-electron chi connectivity index (χ1n) is 11.1. The average Bonchev–Trinajstić information content (AvgIpc) is 3.28. The van der Waals surface area contributed by atoms with Crippen LogP contribution in [0.25, 0.3) is 0 Å². The second-order valence-electron chi connectivity index (χ2n) is 8.29. The van der Waals surface area contributed by atoms with Gasteiger partial charge in [0, 0.05) is 22.9 Å². The molecule has 1 fully saturated rings. The summed E-state index contributed by atoms with van der Waals surface area (Å²) >= 11 is 20.1. The fraction of sp³-hybridized carbons (Fsp3) is 0.375. The van der Waals surface area contributed by atoms with E-state index in [0.717, 1.165) is 26.0 Å². The van der Waals surface area contributed by atoms with E-state index in [1.807, 2.05) is 31.2 Å². The maximum Gasteiger partial charge on any atom is 0.276 e. The van der Waals surface area contributed by atoms with Gasteiger partial charge in [-0.25, -0.2) is 0 Å². The van der Waals surface area contributed by atoms with Crippen LogP contribution in [0.2, 0.25) is 0 Å². The fourth-order valence-corrected chi connectivity index (χ4v) is 5.87. The molecule has 7 nitrogen and oxygen atoms in total. The number of amides is 1. The molecule has 4 unspecified atom stereocenters. The zero-order valence-electron chi connectivity index (χ0n) is 19.4. The Balaban J connectivity index is 1.54. The number of aliphatic hydroxyl groups is 1. The van der Waals surface area contributed by atoms with E-state index in [2.05, 4.69) is 22.4 Å². The second kappa shape index (κ2) is 12.0. The summed E-state index contributed by atoms with van der Waals surface area (Å²) in [5.74, 6) is -0.0154. The van der Waals surface area contributed by atoms with Gasteiger partial charge in [0.15, 0.2) is 10.6 Å². The largest absolute Gasteiger partial charge is 0.392 e. The van der Waals surface area contributed by atoms with Crippen LogP contribution >= 0.6 is 57.9 Å². The van der Waals surface area contributed by atoms with Crippen molar-refractivity contribution in [2.24, 2.45) is 5.92 Å². The predicted molar refractivity (Wildman–Crippen MR) is 144 cm³/mol. The molecule has 0 bridgehead atoms. The summed E-state index contributed by atoms with van der Waals surface area (Å²) in [5.41, 5.74) is 3.10. The number of hydrogen-bond acceptors (Lipinski definition) is 8. The molecule has 2 aromatic carbocycles. The van der Waals surface area contributed by atoms with E-state index in [1.54, 1.807) is 47.4 Å². The van der Waals surface area contributed by atoms with Crippen molar-refractivity contribution in [3.05, 3.63) is 70.2 Å². The van der Waals surface area contributed by atoms with Gasteiger partial charge in [-0.1, -0.05) is 101 Å². The van der Waals surface area contributed by atoms with Gasteiger partial charge in [0.05, 0.1) is 18.8 Å². The van der Waals surface area contributed by atoms with E-state index >= 15 is 0 Å². The minimum absolute atomic E-state index is 0.0191. The van der Waals surface area contributed by atoms with Crippen LogP contribution in [0.1, 0.15) is 41.0 Å². The first-order chi connectivity index (χ1) is 17.1. The van der Waals surface area contributed by atoms with Crippen molar-refractivity contribution in [2.75, 3.05) is 11.1 Å². The Labute approximate surface area is 232 Å². The Morgan fingerprint density at radius 1 is 1.08 bits per heavy atom. The molecule has 1 aliphatic heterocycles. The third-order valence-corrected chi connectivity index (χ3v) is 8.28. The summed E-state index contributed by atoms with van der Waals surface area (Å²) in [6, 6.07) is 14.8. The zero-order chi connectivity index (χ0) is 25.9. The molecule has 1 aliphatic rings. The molecule has 12 heteroatoms. The molecule has 36 heavy (non-hydrogen) atoms. The summed E-state index contributed by atoms with van der Waals surface area (Å²) in [7, 11) is 0. The van der Waals surface area contributed by atoms with Gasteiger partial charge in [-0.05, 0) is 30.2 Å². The Bertz CT molecular complexity index is 1170. The molecule has 4 atom stereocenters. The van der Waals surface area contributed by atoms with Gasteiger partial charge in [-0.15, -0.1) is 10.2 Å². The summed E-state index contributed by atoms with van der Waals surface area (Å²) in [6.45, 7) is 4.01. The number of nitrogens with zero attached hydrogens (tertiary/aromatic N) is 2. The molecule has 1 amide bonds. The van der Waals surface area contributed by atoms with Crippen molar-refractivity contribution in [2.45, 2.75) is 47.1 Å². The molecular formula is C24H24Cl3N3O4S2. The monoisotopic (exact) mass is 587 g/mol. The van der Waals surface area contributed by atoms with Gasteiger partial charge in [0.1, 0.15) is 5.01 Å². The van der Waals surface area contributed by atoms with Crippen LogP contribution in [0.5, 0.6) is 0 Å². The van der Waals surface area contributed by atoms with Crippen molar-refractivity contribution in [3.63, 3.8) is 0 Å². The van der Waals surface area contributed by atoms with Gasteiger partial charge in [-0.3, -0.25) is 4.79 Å². The number of aliphatic hydroxyl groups excluding tert-OH is 1. The smallest absolute Gasteiger partial charge is 0.276 e. The van der Waals surface area contributed by atoms with Gasteiger partial charge in [0.2, 0.25) is 0 Å². The van der Waals surface area contributed by atoms with Crippen LogP contribution in [0.3, 0.4) is 0 Å². The molecule has 0 aliphatic carbocycles. The summed E-state index contributed by atoms with van der Waals surface area (Å²) in [6.07, 6.45) is -1.00. The highest BCUT2D eigenvalue weighted by molar-refractivity contribution is 8.01. The quantitative estimate of drug-likeness (QED) is 0.250. The highest BCUT2D eigenvalue weighted by Gasteiger charge is 2.38. The Morgan fingerprint density at radius 3 is 2.33 bits per heavy atom. The molecule has 3 aromatic rings. The van der Waals surface area contributed by atoms with Crippen LogP contribution in [-0.4, -0.2) is 36.9 Å². The topological polar surface area (TPSA) is 93.6 Å². The van der Waals surface area contributed by atoms with E-state index in [0.29, 0.717) is 11.4 Å². The normalized spacial score (nSPS) is 22.4. The number of thioether (sulfide) groups is 1. The van der Waals surface area contributed by atoms with Crippen molar-refractivity contribution >= 4 is 69.5 Å². The number of benzene rings is 2. The molecule has 0 saturated carbocycles. The number of halogens is 3. The molecule has 2 N–H and O–H groups in total. The zero-order valence-corrected chi connectivity index (χ0v) is 23.3. The number of carbonyl (C=O) groups is 1. The van der Waals surface area contributed by atoms with Crippen LogP contribution in [-0.2, 0) is 20.9 Å². The van der Waals surface area contributed by atoms with Crippen molar-refractivity contribution in [1.29, 1.82) is 0 Å². The lowest BCUT2D eigenvalue weighted by Gasteiger charge is -2.41. The minimum atomic E-state index is -2.06. The van der Waals surface area contributed by atoms with Gasteiger partial charge in [0.25, 0.3) is 9.70 Å². The Kier molecular flexibility index (Phi) is 9.17. The summed E-state index contributed by atoms with van der Waals surface area (Å²) in [4.78, 5) is 12.0. The van der Waals surface area contributed by atoms with Crippen LogP contribution < -0.4 is 5.32 Å². The summed E-state index contributed by atoms with van der Waals surface area (Å²) < 4.78 is 11.7. The van der Waals surface area contributed by atoms with E-state index in [4.69, 9.17) is 44.3 Å². The van der Waals surface area contributed by atoms with E-state index in [-0.39, 0.29) is 24.7 Å². The number of aromatic nitrogens is 2. The molecule has 0 radical (unpaired) electrons. The Hall–Kier alpha value is -1.43. The van der Waals surface area contributed by atoms with Crippen LogP contribution in [0.15, 0.2) is 52.9 Å². The molecule has 4 rings (SSSR count). The number of alkyl halides is 3. The van der Waals surface area contributed by atoms with Gasteiger partial charge >= 0.3 is 0 Å². The molecule has 1 aromatic heterocycles. The van der Waals surface area contributed by atoms with Crippen LogP contribution in [0.4, 0.5) is 5.69 Å². The lowest BCUT2D eigenvalue weighted by molar-refractivity contribution is -0.268. The predicted octanol–water partition coefficient (Wildman–Crippen LogP) is 6.23. The maximum atomic E-state index is 12.0. The van der Waals surface area contributed by atoms with E-state index in [9.17, 15) is 9.90 Å². The van der Waals surface area contributed by atoms with Crippen molar-refractivity contribution in [1.82, 2.24) is 10.2 Å². The molecule has 0 spiro atoms. The molecule has 192 valence electrons. The highest BCUT2D eigenvalue weighted by atomic mass is 35.6. The molecule has 1 saturated heterocycles. The first kappa shape index (κ1) is 27.6. The van der Waals surface area contributed by atoms with Gasteiger partial charge < -0.3 is 19.9 Å². The second-order valence-corrected chi connectivity index (χ2v) is 13.0. The average molecular weight is 589 g/mol. The Morgan fingerprint density at radius 2 is 1.75 bits per heavy atom. The first-order valence-corrected chi connectivity index (χ1v) is 14.0. The van der Waals surface area contributed by atoms with Crippen molar-refractivity contribution < 1.29 is 19.4 Å². The summed E-state index contributed by atoms with van der Waals surface area (Å²) in [5, 5.41) is 21.2. The third kappa shape index (κ3) is 6.90. The number of anilines is 1. The third-order valence-electron chi connectivity index (χ3n) is 5.70. The number of aryl methyl sites for hydroxylation is 1. The van der Waals surface area contributed by atoms with E-state index < -0.39 is 16.0 Å². The number of ether oxygens (including phenoxy) is 2. The lowest BCUT2D eigenvalue weighted by Crippen LogP contribution is -2.38. The van der Waals surface area contributed by atoms with Gasteiger partial charge in [-0.2, -0.15) is 0 Å². The number of hydrogen-bond donors (Lipinski definition) is 2. The van der Waals surface area contributed by atoms with Crippen molar-refractivity contribution in [3.8, 4) is 0 Å². The van der Waals surface area contributed by atoms with Crippen LogP contribution in [0, 0.1) is 12.8 Å². The number of carbonyl (C=O) groups excluding carboxylic acids is 1. The lowest BCUT2D eigenvalue weighted by atomic mass is 9.91. The molecule has 2 heterocycles. The standard InChI is InChI=1S/C24H24Cl3N3O4S2/c1-13-19(12-35-23-30-29-14(2)36-23)33-21(34-20(13)16-5-3-15(11-31)4-6-16)17-7-9-18(10-8-17)28-22(32)24(25,26)27/h3-10,13,19-21,31H,11-12H2,1-2H3,(H,28,32). The SMILES string of the molecule is Cc1nnc(SCC2OC(c3ccc(NC(=O)C(Cl)(Cl)Cl)cc3)OC(c3ccc(CO)cc3)C2C)s1. The van der Waals surface area contributed by atoms with E-state index in [1.165, 1.54) is 0 Å². The number of nitrogens with one attached hydrogen (secondary N) is 1. The number of rotatable bonds is 7.